The number of halogens is 1. The zero-order valence-electron chi connectivity index (χ0n) is 15.6. The summed E-state index contributed by atoms with van der Waals surface area (Å²) in [5.74, 6) is -1.30. The van der Waals surface area contributed by atoms with Crippen LogP contribution < -0.4 is 0 Å². The number of carbonyl (C=O) groups is 1. The number of nitrogens with zero attached hydrogens (tertiary/aromatic N) is 4. The highest BCUT2D eigenvalue weighted by Crippen LogP contribution is 2.28. The van der Waals surface area contributed by atoms with Crippen LogP contribution >= 0.6 is 0 Å². The Balaban J connectivity index is 1.78. The molecule has 1 saturated heterocycles. The molecule has 1 amide bonds. The van der Waals surface area contributed by atoms with Gasteiger partial charge in [0.05, 0.1) is 24.6 Å². The maximum absolute atomic E-state index is 14.4. The smallest absolute Gasteiger partial charge is 0.254 e. The van der Waals surface area contributed by atoms with E-state index >= 15 is 0 Å². The molecule has 0 unspecified atom stereocenters. The number of benzene rings is 1. The number of hydrogen-bond acceptors (Lipinski definition) is 5. The van der Waals surface area contributed by atoms with Gasteiger partial charge < -0.3 is 15.1 Å². The van der Waals surface area contributed by atoms with Crippen LogP contribution in [0.2, 0.25) is 0 Å². The molecule has 7 nitrogen and oxygen atoms in total. The number of β-amino-alcohol motifs (C(OH)–C–C–N with tert-alkyl or cyclic N) is 1. The SMILES string of the molecule is Cc1nc2ccnn2c(-c2cc(F)cc(C(=O)N3C[C@H](CO)[C@@H](O)C3)c2)c1C. The summed E-state index contributed by atoms with van der Waals surface area (Å²) < 4.78 is 16.1. The molecule has 3 aromatic rings. The van der Waals surface area contributed by atoms with E-state index in [1.807, 2.05) is 13.8 Å². The first-order valence-electron chi connectivity index (χ1n) is 9.09. The number of aromatic nitrogens is 3. The van der Waals surface area contributed by atoms with E-state index in [-0.39, 0.29) is 37.1 Å². The van der Waals surface area contributed by atoms with Crippen molar-refractivity contribution in [2.75, 3.05) is 19.7 Å². The predicted molar refractivity (Wildman–Crippen MR) is 100 cm³/mol. The first kappa shape index (κ1) is 18.5. The minimum atomic E-state index is -0.782. The van der Waals surface area contributed by atoms with Crippen molar-refractivity contribution in [3.63, 3.8) is 0 Å². The molecule has 0 aliphatic carbocycles. The van der Waals surface area contributed by atoms with E-state index in [1.165, 1.54) is 17.0 Å². The molecule has 3 heterocycles. The number of aryl methyl sites for hydroxylation is 1. The Morgan fingerprint density at radius 2 is 2.07 bits per heavy atom. The lowest BCUT2D eigenvalue weighted by atomic mass is 10.0. The second-order valence-electron chi connectivity index (χ2n) is 7.22. The van der Waals surface area contributed by atoms with Crippen LogP contribution in [0.5, 0.6) is 0 Å². The molecule has 2 N–H and O–H groups in total. The van der Waals surface area contributed by atoms with Crippen LogP contribution in [0, 0.1) is 25.6 Å². The fourth-order valence-electron chi connectivity index (χ4n) is 3.71. The maximum Gasteiger partial charge on any atom is 0.254 e. The minimum Gasteiger partial charge on any atom is -0.396 e. The van der Waals surface area contributed by atoms with Crippen LogP contribution in [-0.2, 0) is 0 Å². The number of hydrogen-bond donors (Lipinski definition) is 2. The van der Waals surface area contributed by atoms with Crippen molar-refractivity contribution in [3.8, 4) is 11.3 Å². The summed E-state index contributed by atoms with van der Waals surface area (Å²) in [5, 5.41) is 23.5. The number of amides is 1. The third-order valence-electron chi connectivity index (χ3n) is 5.36. The monoisotopic (exact) mass is 384 g/mol. The molecule has 0 saturated carbocycles. The predicted octanol–water partition coefficient (Wildman–Crippen LogP) is 1.58. The normalized spacial score (nSPS) is 19.5. The van der Waals surface area contributed by atoms with Crippen LogP contribution in [0.3, 0.4) is 0 Å². The molecular formula is C20H21FN4O3. The summed E-state index contributed by atoms with van der Waals surface area (Å²) >= 11 is 0. The first-order valence-corrected chi connectivity index (χ1v) is 9.09. The molecule has 1 aliphatic heterocycles. The van der Waals surface area contributed by atoms with Crippen molar-refractivity contribution < 1.29 is 19.4 Å². The maximum atomic E-state index is 14.4. The van der Waals surface area contributed by atoms with Crippen molar-refractivity contribution in [2.24, 2.45) is 5.92 Å². The van der Waals surface area contributed by atoms with Gasteiger partial charge in [-0.3, -0.25) is 4.79 Å². The Hall–Kier alpha value is -2.84. The Morgan fingerprint density at radius 1 is 1.29 bits per heavy atom. The van der Waals surface area contributed by atoms with E-state index < -0.39 is 11.9 Å². The lowest BCUT2D eigenvalue weighted by Gasteiger charge is -2.17. The number of fused-ring (bicyclic) bond motifs is 1. The molecule has 0 radical (unpaired) electrons. The zero-order chi connectivity index (χ0) is 20.0. The van der Waals surface area contributed by atoms with Crippen molar-refractivity contribution in [1.29, 1.82) is 0 Å². The van der Waals surface area contributed by atoms with Gasteiger partial charge in [0, 0.05) is 41.9 Å². The molecular weight excluding hydrogens is 363 g/mol. The summed E-state index contributed by atoms with van der Waals surface area (Å²) in [7, 11) is 0. The Morgan fingerprint density at radius 3 is 2.79 bits per heavy atom. The molecule has 28 heavy (non-hydrogen) atoms. The molecule has 0 spiro atoms. The summed E-state index contributed by atoms with van der Waals surface area (Å²) in [6.07, 6.45) is 0.840. The molecule has 1 aromatic carbocycles. The molecule has 2 atom stereocenters. The summed E-state index contributed by atoms with van der Waals surface area (Å²) in [6.45, 7) is 3.91. The molecule has 8 heteroatoms. The minimum absolute atomic E-state index is 0.118. The summed E-state index contributed by atoms with van der Waals surface area (Å²) in [5.41, 5.74) is 3.68. The van der Waals surface area contributed by atoms with Gasteiger partial charge in [-0.1, -0.05) is 0 Å². The van der Waals surface area contributed by atoms with Crippen LogP contribution in [0.15, 0.2) is 30.5 Å². The van der Waals surface area contributed by atoms with Crippen LogP contribution in [0.4, 0.5) is 4.39 Å². The Kier molecular flexibility index (Phi) is 4.60. The number of rotatable bonds is 3. The summed E-state index contributed by atoms with van der Waals surface area (Å²) in [4.78, 5) is 18.8. The third-order valence-corrected chi connectivity index (χ3v) is 5.36. The van der Waals surface area contributed by atoms with Crippen molar-refractivity contribution in [1.82, 2.24) is 19.5 Å². The van der Waals surface area contributed by atoms with Gasteiger partial charge in [0.15, 0.2) is 5.65 Å². The van der Waals surface area contributed by atoms with Gasteiger partial charge in [0.25, 0.3) is 5.91 Å². The van der Waals surface area contributed by atoms with Gasteiger partial charge in [-0.2, -0.15) is 5.10 Å². The van der Waals surface area contributed by atoms with E-state index in [4.69, 9.17) is 0 Å². The zero-order valence-corrected chi connectivity index (χ0v) is 15.6. The van der Waals surface area contributed by atoms with Gasteiger partial charge in [-0.25, -0.2) is 13.9 Å². The quantitative estimate of drug-likeness (QED) is 0.716. The van der Waals surface area contributed by atoms with E-state index in [0.717, 1.165) is 11.3 Å². The van der Waals surface area contributed by atoms with E-state index in [0.29, 0.717) is 16.9 Å². The molecule has 2 aromatic heterocycles. The van der Waals surface area contributed by atoms with E-state index in [2.05, 4.69) is 10.1 Å². The number of aliphatic hydroxyl groups excluding tert-OH is 2. The molecule has 146 valence electrons. The largest absolute Gasteiger partial charge is 0.396 e. The lowest BCUT2D eigenvalue weighted by molar-refractivity contribution is 0.0763. The molecule has 1 aliphatic rings. The molecule has 1 fully saturated rings. The van der Waals surface area contributed by atoms with E-state index in [9.17, 15) is 19.4 Å². The van der Waals surface area contributed by atoms with Gasteiger partial charge in [-0.15, -0.1) is 0 Å². The second kappa shape index (κ2) is 6.96. The van der Waals surface area contributed by atoms with E-state index in [1.54, 1.807) is 22.8 Å². The fourth-order valence-corrected chi connectivity index (χ4v) is 3.71. The van der Waals surface area contributed by atoms with Crippen molar-refractivity contribution >= 4 is 11.6 Å². The Labute approximate surface area is 161 Å². The fraction of sp³-hybridized carbons (Fsp3) is 0.350. The standard InChI is InChI=1S/C20H21FN4O3/c1-11-12(2)23-18-3-4-22-25(18)19(11)13-5-14(7-16(21)6-13)20(28)24-8-15(10-26)17(27)9-24/h3-7,15,17,26-27H,8-10H2,1-2H3/t15-,17+/m1/s1. The van der Waals surface area contributed by atoms with Gasteiger partial charge >= 0.3 is 0 Å². The highest BCUT2D eigenvalue weighted by molar-refractivity contribution is 5.95. The van der Waals surface area contributed by atoms with Gasteiger partial charge in [0.2, 0.25) is 0 Å². The highest BCUT2D eigenvalue weighted by atomic mass is 19.1. The van der Waals surface area contributed by atoms with Crippen LogP contribution in [-0.4, -0.2) is 61.4 Å². The lowest BCUT2D eigenvalue weighted by Crippen LogP contribution is -2.29. The van der Waals surface area contributed by atoms with Crippen molar-refractivity contribution in [3.05, 3.63) is 53.1 Å². The highest BCUT2D eigenvalue weighted by Gasteiger charge is 2.34. The average molecular weight is 384 g/mol. The van der Waals surface area contributed by atoms with Gasteiger partial charge in [-0.05, 0) is 37.6 Å². The first-order chi connectivity index (χ1) is 13.4. The number of carbonyl (C=O) groups excluding carboxylic acids is 1. The molecule has 0 bridgehead atoms. The van der Waals surface area contributed by atoms with Gasteiger partial charge in [0.1, 0.15) is 5.82 Å². The van der Waals surface area contributed by atoms with Crippen LogP contribution in [0.1, 0.15) is 21.6 Å². The topological polar surface area (TPSA) is 91.0 Å². The summed E-state index contributed by atoms with van der Waals surface area (Å²) in [6, 6.07) is 5.96. The molecule has 4 rings (SSSR count). The van der Waals surface area contributed by atoms with Crippen molar-refractivity contribution in [2.45, 2.75) is 20.0 Å². The number of aliphatic hydroxyl groups is 2. The number of likely N-dealkylation sites (tertiary alicyclic amines) is 1. The third kappa shape index (κ3) is 3.04. The van der Waals surface area contributed by atoms with Crippen LogP contribution in [0.25, 0.3) is 16.9 Å². The Bertz CT molecular complexity index is 1070. The second-order valence-corrected chi connectivity index (χ2v) is 7.22. The average Bonchev–Trinajstić information content (AvgIpc) is 3.27.